The fourth-order valence-electron chi connectivity index (χ4n) is 4.68. The van der Waals surface area contributed by atoms with Gasteiger partial charge in [0.25, 0.3) is 0 Å². The van der Waals surface area contributed by atoms with Crippen molar-refractivity contribution in [1.82, 2.24) is 0 Å². The molecule has 38 heavy (non-hydrogen) atoms. The van der Waals surface area contributed by atoms with Crippen LogP contribution in [0, 0.1) is 11.8 Å². The molecule has 2 atom stereocenters. The normalized spacial score (nSPS) is 19.1. The first-order valence-corrected chi connectivity index (χ1v) is 17.0. The lowest BCUT2D eigenvalue weighted by molar-refractivity contribution is 0.187. The molecule has 0 fully saturated rings. The Bertz CT molecular complexity index is 1090. The zero-order valence-electron chi connectivity index (χ0n) is 24.9. The molecule has 0 saturated carbocycles. The van der Waals surface area contributed by atoms with E-state index in [1.54, 1.807) is 14.2 Å². The molecule has 4 nitrogen and oxygen atoms in total. The largest absolute Gasteiger partial charge is 0.497 e. The summed E-state index contributed by atoms with van der Waals surface area (Å²) in [6.07, 6.45) is 6.89. The van der Waals surface area contributed by atoms with Crippen LogP contribution < -0.4 is 14.2 Å². The number of benzene rings is 2. The van der Waals surface area contributed by atoms with E-state index in [2.05, 4.69) is 70.8 Å². The summed E-state index contributed by atoms with van der Waals surface area (Å²) in [5, 5.41) is 0.284. The number of unbranched alkanes of at least 4 members (excludes halogenated alkanes) is 5. The SMILES string of the molecule is COc1ccc(C2(C)COc3cc(OC)ccc3C2C#CCCCCCCCO[Si](C)(C)C(C)(C)C)cc1. The Morgan fingerprint density at radius 3 is 2.21 bits per heavy atom. The van der Waals surface area contributed by atoms with Crippen LogP contribution in [0.4, 0.5) is 0 Å². The van der Waals surface area contributed by atoms with Gasteiger partial charge in [0.2, 0.25) is 0 Å². The maximum absolute atomic E-state index is 6.31. The van der Waals surface area contributed by atoms with Crippen molar-refractivity contribution < 1.29 is 18.6 Å². The summed E-state index contributed by atoms with van der Waals surface area (Å²) in [5.41, 5.74) is 2.08. The minimum Gasteiger partial charge on any atom is -0.497 e. The molecule has 0 aliphatic carbocycles. The van der Waals surface area contributed by atoms with Gasteiger partial charge in [-0.25, -0.2) is 0 Å². The van der Waals surface area contributed by atoms with Crippen LogP contribution in [0.1, 0.15) is 83.3 Å². The summed E-state index contributed by atoms with van der Waals surface area (Å²) in [6, 6.07) is 14.4. The van der Waals surface area contributed by atoms with Crippen molar-refractivity contribution >= 4 is 8.32 Å². The highest BCUT2D eigenvalue weighted by atomic mass is 28.4. The quantitative estimate of drug-likeness (QED) is 0.164. The second kappa shape index (κ2) is 13.1. The Kier molecular flexibility index (Phi) is 10.4. The molecule has 3 rings (SSSR count). The van der Waals surface area contributed by atoms with Crippen molar-refractivity contribution in [3.63, 3.8) is 0 Å². The van der Waals surface area contributed by atoms with Crippen molar-refractivity contribution in [3.05, 3.63) is 53.6 Å². The van der Waals surface area contributed by atoms with E-state index in [4.69, 9.17) is 18.6 Å². The molecule has 2 aromatic rings. The third-order valence-corrected chi connectivity index (χ3v) is 12.9. The Morgan fingerprint density at radius 1 is 0.921 bits per heavy atom. The van der Waals surface area contributed by atoms with E-state index in [-0.39, 0.29) is 16.4 Å². The van der Waals surface area contributed by atoms with E-state index in [1.165, 1.54) is 24.8 Å². The first-order chi connectivity index (χ1) is 18.0. The zero-order chi connectivity index (χ0) is 27.8. The number of ether oxygens (including phenoxy) is 3. The lowest BCUT2D eigenvalue weighted by Gasteiger charge is -2.40. The average Bonchev–Trinajstić information content (AvgIpc) is 2.89. The molecule has 1 heterocycles. The van der Waals surface area contributed by atoms with Crippen LogP contribution in [-0.4, -0.2) is 35.8 Å². The molecule has 1 aliphatic rings. The summed E-state index contributed by atoms with van der Waals surface area (Å²) in [7, 11) is 1.76. The number of hydrogen-bond donors (Lipinski definition) is 0. The molecule has 0 aromatic heterocycles. The molecular weight excluding hydrogens is 488 g/mol. The van der Waals surface area contributed by atoms with Gasteiger partial charge in [0.05, 0.1) is 26.7 Å². The van der Waals surface area contributed by atoms with Gasteiger partial charge in [0.1, 0.15) is 17.2 Å². The molecule has 0 N–H and O–H groups in total. The summed E-state index contributed by atoms with van der Waals surface area (Å²) < 4.78 is 23.4. The van der Waals surface area contributed by atoms with Crippen molar-refractivity contribution in [2.45, 2.75) is 95.7 Å². The fraction of sp³-hybridized carbons (Fsp3) is 0.576. The van der Waals surface area contributed by atoms with Crippen LogP contribution in [-0.2, 0) is 9.84 Å². The highest BCUT2D eigenvalue weighted by molar-refractivity contribution is 6.74. The standard InChI is InChI=1S/C33H48O4Si/c1-32(2,3)38(7,8)37-23-15-13-11-9-10-12-14-16-30-29-22-21-28(35-6)24-31(29)36-25-33(30,4)26-17-19-27(34-5)20-18-26/h17-22,24,30H,9-13,15,23,25H2,1-8H3. The number of rotatable bonds is 11. The van der Waals surface area contributed by atoms with E-state index < -0.39 is 8.32 Å². The van der Waals surface area contributed by atoms with Crippen LogP contribution in [0.3, 0.4) is 0 Å². The van der Waals surface area contributed by atoms with Gasteiger partial charge in [0, 0.05) is 30.1 Å². The van der Waals surface area contributed by atoms with Crippen LogP contribution in [0.2, 0.25) is 18.1 Å². The number of hydrogen-bond acceptors (Lipinski definition) is 4. The third kappa shape index (κ3) is 7.36. The Balaban J connectivity index is 1.59. The Hall–Kier alpha value is -2.42. The van der Waals surface area contributed by atoms with Gasteiger partial charge in [0.15, 0.2) is 8.32 Å². The average molecular weight is 537 g/mol. The van der Waals surface area contributed by atoms with Crippen molar-refractivity contribution in [3.8, 4) is 29.1 Å². The maximum atomic E-state index is 6.31. The van der Waals surface area contributed by atoms with E-state index in [1.807, 2.05) is 24.3 Å². The molecule has 1 aliphatic heterocycles. The molecule has 0 amide bonds. The summed E-state index contributed by atoms with van der Waals surface area (Å²) in [4.78, 5) is 0. The second-order valence-electron chi connectivity index (χ2n) is 12.2. The molecule has 2 unspecified atom stereocenters. The second-order valence-corrected chi connectivity index (χ2v) is 17.0. The molecule has 0 bridgehead atoms. The predicted octanol–water partition coefficient (Wildman–Crippen LogP) is 8.50. The maximum Gasteiger partial charge on any atom is 0.191 e. The lowest BCUT2D eigenvalue weighted by atomic mass is 9.68. The van der Waals surface area contributed by atoms with Gasteiger partial charge < -0.3 is 18.6 Å². The zero-order valence-corrected chi connectivity index (χ0v) is 25.9. The molecule has 0 radical (unpaired) electrons. The Morgan fingerprint density at radius 2 is 1.55 bits per heavy atom. The number of fused-ring (bicyclic) bond motifs is 1. The smallest absolute Gasteiger partial charge is 0.191 e. The van der Waals surface area contributed by atoms with Crippen LogP contribution in [0.15, 0.2) is 42.5 Å². The lowest BCUT2D eigenvalue weighted by Crippen LogP contribution is -2.40. The highest BCUT2D eigenvalue weighted by Gasteiger charge is 2.42. The van der Waals surface area contributed by atoms with E-state index in [0.717, 1.165) is 48.7 Å². The molecular formula is C33H48O4Si. The van der Waals surface area contributed by atoms with Crippen LogP contribution >= 0.6 is 0 Å². The molecule has 0 spiro atoms. The number of methoxy groups -OCH3 is 2. The fourth-order valence-corrected chi connectivity index (χ4v) is 5.77. The molecule has 2 aromatic carbocycles. The van der Waals surface area contributed by atoms with Crippen LogP contribution in [0.5, 0.6) is 17.2 Å². The van der Waals surface area contributed by atoms with Crippen molar-refractivity contribution in [2.75, 3.05) is 27.4 Å². The third-order valence-electron chi connectivity index (χ3n) is 8.41. The van der Waals surface area contributed by atoms with Gasteiger partial charge in [-0.2, -0.15) is 0 Å². The van der Waals surface area contributed by atoms with Crippen molar-refractivity contribution in [1.29, 1.82) is 0 Å². The van der Waals surface area contributed by atoms with Crippen molar-refractivity contribution in [2.24, 2.45) is 0 Å². The first kappa shape index (κ1) is 30.1. The molecule has 0 saturated heterocycles. The first-order valence-electron chi connectivity index (χ1n) is 14.1. The summed E-state index contributed by atoms with van der Waals surface area (Å²) >= 11 is 0. The van der Waals surface area contributed by atoms with E-state index >= 15 is 0 Å². The molecule has 208 valence electrons. The Labute approximate surface area is 232 Å². The minimum absolute atomic E-state index is 0.0398. The summed E-state index contributed by atoms with van der Waals surface area (Å²) in [6.45, 7) is 15.3. The van der Waals surface area contributed by atoms with Gasteiger partial charge >= 0.3 is 0 Å². The minimum atomic E-state index is -1.62. The van der Waals surface area contributed by atoms with E-state index in [0.29, 0.717) is 6.61 Å². The predicted molar refractivity (Wildman–Crippen MR) is 160 cm³/mol. The monoisotopic (exact) mass is 536 g/mol. The molecule has 5 heteroatoms. The highest BCUT2D eigenvalue weighted by Crippen LogP contribution is 2.47. The topological polar surface area (TPSA) is 36.9 Å². The van der Waals surface area contributed by atoms with Gasteiger partial charge in [-0.05, 0) is 54.7 Å². The van der Waals surface area contributed by atoms with Gasteiger partial charge in [-0.3, -0.25) is 0 Å². The summed E-state index contributed by atoms with van der Waals surface area (Å²) in [5.74, 6) is 9.76. The van der Waals surface area contributed by atoms with Gasteiger partial charge in [-0.15, -0.1) is 5.92 Å². The van der Waals surface area contributed by atoms with Gasteiger partial charge in [-0.1, -0.05) is 71.1 Å². The van der Waals surface area contributed by atoms with Crippen LogP contribution in [0.25, 0.3) is 0 Å². The van der Waals surface area contributed by atoms with E-state index in [9.17, 15) is 0 Å².